The van der Waals surface area contributed by atoms with Crippen molar-refractivity contribution in [3.63, 3.8) is 0 Å². The molecule has 1 aliphatic rings. The molecule has 1 aliphatic carbocycles. The number of fused-ring (bicyclic) bond motifs is 1. The third kappa shape index (κ3) is 3.83. The summed E-state index contributed by atoms with van der Waals surface area (Å²) in [7, 11) is 1.80. The van der Waals surface area contributed by atoms with Gasteiger partial charge in [-0.2, -0.15) is 10.1 Å². The molecule has 0 bridgehead atoms. The minimum Gasteiger partial charge on any atom is -0.453 e. The lowest BCUT2D eigenvalue weighted by molar-refractivity contribution is -0.147. The lowest BCUT2D eigenvalue weighted by Crippen LogP contribution is -2.27. The van der Waals surface area contributed by atoms with Crippen LogP contribution in [-0.2, 0) is 23.0 Å². The zero-order chi connectivity index (χ0) is 21.4. The fraction of sp³-hybridized carbons (Fsp3) is 0.381. The minimum atomic E-state index is -0.603. The van der Waals surface area contributed by atoms with E-state index in [1.807, 2.05) is 25.1 Å². The van der Waals surface area contributed by atoms with Crippen molar-refractivity contribution < 1.29 is 18.8 Å². The fourth-order valence-corrected chi connectivity index (χ4v) is 3.78. The van der Waals surface area contributed by atoms with Crippen LogP contribution in [0.25, 0.3) is 11.4 Å². The molecule has 0 aliphatic heterocycles. The zero-order valence-electron chi connectivity index (χ0n) is 17.3. The van der Waals surface area contributed by atoms with Gasteiger partial charge in [-0.1, -0.05) is 17.3 Å². The number of nitrogens with zero attached hydrogens (tertiary/aromatic N) is 4. The highest BCUT2D eigenvalue weighted by Crippen LogP contribution is 2.34. The Morgan fingerprint density at radius 1 is 1.37 bits per heavy atom. The van der Waals surface area contributed by atoms with E-state index in [4.69, 9.17) is 9.26 Å². The largest absolute Gasteiger partial charge is 0.453 e. The highest BCUT2D eigenvalue weighted by Gasteiger charge is 2.26. The van der Waals surface area contributed by atoms with Crippen LogP contribution < -0.4 is 5.32 Å². The van der Waals surface area contributed by atoms with Crippen LogP contribution in [-0.4, -0.2) is 31.8 Å². The Morgan fingerprint density at radius 3 is 2.87 bits per heavy atom. The second-order valence-corrected chi connectivity index (χ2v) is 7.49. The third-order valence-electron chi connectivity index (χ3n) is 5.17. The average molecular weight is 409 g/mol. The highest BCUT2D eigenvalue weighted by atomic mass is 16.6. The molecule has 1 amide bonds. The van der Waals surface area contributed by atoms with Gasteiger partial charge in [0, 0.05) is 25.7 Å². The van der Waals surface area contributed by atoms with Crippen LogP contribution in [0.5, 0.6) is 0 Å². The maximum Gasteiger partial charge on any atom is 0.303 e. The predicted octanol–water partition coefficient (Wildman–Crippen LogP) is 2.82. The van der Waals surface area contributed by atoms with Gasteiger partial charge in [-0.25, -0.2) is 0 Å². The van der Waals surface area contributed by atoms with Crippen LogP contribution in [0.2, 0.25) is 0 Å². The van der Waals surface area contributed by atoms with Crippen LogP contribution >= 0.6 is 0 Å². The molecule has 30 heavy (non-hydrogen) atoms. The minimum absolute atomic E-state index is 0.0500. The van der Waals surface area contributed by atoms with E-state index >= 15 is 0 Å². The van der Waals surface area contributed by atoms with E-state index in [2.05, 4.69) is 20.6 Å². The number of aryl methyl sites for hydroxylation is 3. The molecular formula is C21H23N5O4. The van der Waals surface area contributed by atoms with Crippen molar-refractivity contribution in [2.24, 2.45) is 7.05 Å². The lowest BCUT2D eigenvalue weighted by Gasteiger charge is -2.14. The first-order valence-electron chi connectivity index (χ1n) is 9.77. The number of carbonyl (C=O) groups is 2. The summed E-state index contributed by atoms with van der Waals surface area (Å²) in [5, 5.41) is 11.3. The fourth-order valence-electron chi connectivity index (χ4n) is 3.78. The Balaban J connectivity index is 1.50. The van der Waals surface area contributed by atoms with E-state index in [0.717, 1.165) is 29.5 Å². The molecule has 3 aromatic rings. The predicted molar refractivity (Wildman–Crippen MR) is 106 cm³/mol. The summed E-state index contributed by atoms with van der Waals surface area (Å²) in [5.74, 6) is 0.155. The standard InChI is InChI=1S/C21H23N5O4/c1-11-17(10-26(4)24-11)20(28)22-18-8-6-14-9-15(5-7-16(14)18)19-23-21(30-25-19)12(2)29-13(3)27/h5,7,9-10,12,18H,6,8H2,1-4H3,(H,22,28)/t12-,18?/m0/s1. The zero-order valence-corrected chi connectivity index (χ0v) is 17.3. The Labute approximate surface area is 173 Å². The van der Waals surface area contributed by atoms with Gasteiger partial charge in [0.1, 0.15) is 0 Å². The quantitative estimate of drug-likeness (QED) is 0.645. The van der Waals surface area contributed by atoms with E-state index in [9.17, 15) is 9.59 Å². The molecule has 0 saturated carbocycles. The first kappa shape index (κ1) is 19.8. The number of aromatic nitrogens is 4. The van der Waals surface area contributed by atoms with E-state index in [1.165, 1.54) is 6.92 Å². The third-order valence-corrected chi connectivity index (χ3v) is 5.17. The Bertz CT molecular complexity index is 1120. The monoisotopic (exact) mass is 409 g/mol. The number of esters is 1. The highest BCUT2D eigenvalue weighted by molar-refractivity contribution is 5.95. The van der Waals surface area contributed by atoms with Gasteiger partial charge in [0.25, 0.3) is 11.8 Å². The first-order chi connectivity index (χ1) is 14.3. The molecule has 1 unspecified atom stereocenters. The summed E-state index contributed by atoms with van der Waals surface area (Å²) in [5.41, 5.74) is 4.34. The molecule has 156 valence electrons. The van der Waals surface area contributed by atoms with Crippen LogP contribution in [0.15, 0.2) is 28.9 Å². The van der Waals surface area contributed by atoms with Crippen molar-refractivity contribution in [1.29, 1.82) is 0 Å². The number of amides is 1. The van der Waals surface area contributed by atoms with E-state index in [0.29, 0.717) is 17.1 Å². The molecular weight excluding hydrogens is 386 g/mol. The van der Waals surface area contributed by atoms with E-state index in [-0.39, 0.29) is 17.8 Å². The average Bonchev–Trinajstić information content (AvgIpc) is 3.39. The maximum absolute atomic E-state index is 12.6. The van der Waals surface area contributed by atoms with Gasteiger partial charge in [0.05, 0.1) is 17.3 Å². The number of hydrogen-bond donors (Lipinski definition) is 1. The Morgan fingerprint density at radius 2 is 2.17 bits per heavy atom. The summed E-state index contributed by atoms with van der Waals surface area (Å²) in [4.78, 5) is 28.1. The number of nitrogens with one attached hydrogen (secondary N) is 1. The van der Waals surface area contributed by atoms with E-state index in [1.54, 1.807) is 24.9 Å². The van der Waals surface area contributed by atoms with Crippen molar-refractivity contribution >= 4 is 11.9 Å². The molecule has 0 fully saturated rings. The summed E-state index contributed by atoms with van der Waals surface area (Å²) in [6.45, 7) is 4.84. The van der Waals surface area contributed by atoms with Gasteiger partial charge in [-0.15, -0.1) is 0 Å². The van der Waals surface area contributed by atoms with Crippen LogP contribution in [0.3, 0.4) is 0 Å². The molecule has 4 rings (SSSR count). The van der Waals surface area contributed by atoms with Crippen LogP contribution in [0.1, 0.15) is 65.5 Å². The number of ether oxygens (including phenoxy) is 1. The normalized spacial score (nSPS) is 16.2. The Kier molecular flexibility index (Phi) is 5.11. The van der Waals surface area contributed by atoms with Crippen molar-refractivity contribution in [1.82, 2.24) is 25.2 Å². The summed E-state index contributed by atoms with van der Waals surface area (Å²) in [6.07, 6.45) is 2.79. The molecule has 1 aromatic carbocycles. The molecule has 9 heteroatoms. The SMILES string of the molecule is CC(=O)O[C@@H](C)c1nc(-c2ccc3c(c2)CCC3NC(=O)c2cn(C)nc2C)no1. The molecule has 0 saturated heterocycles. The van der Waals surface area contributed by atoms with Gasteiger partial charge >= 0.3 is 5.97 Å². The summed E-state index contributed by atoms with van der Waals surface area (Å²) >= 11 is 0. The van der Waals surface area contributed by atoms with Crippen molar-refractivity contribution in [3.05, 3.63) is 52.7 Å². The smallest absolute Gasteiger partial charge is 0.303 e. The second kappa shape index (κ2) is 7.74. The number of carbonyl (C=O) groups excluding carboxylic acids is 2. The number of rotatable bonds is 5. The van der Waals surface area contributed by atoms with Crippen LogP contribution in [0, 0.1) is 6.92 Å². The molecule has 9 nitrogen and oxygen atoms in total. The number of hydrogen-bond acceptors (Lipinski definition) is 7. The molecule has 0 spiro atoms. The lowest BCUT2D eigenvalue weighted by atomic mass is 10.0. The summed E-state index contributed by atoms with van der Waals surface area (Å²) < 4.78 is 11.9. The van der Waals surface area contributed by atoms with Gasteiger partial charge in [0.15, 0.2) is 6.10 Å². The molecule has 2 atom stereocenters. The van der Waals surface area contributed by atoms with Crippen molar-refractivity contribution in [2.45, 2.75) is 45.8 Å². The maximum atomic E-state index is 12.6. The van der Waals surface area contributed by atoms with Gasteiger partial charge < -0.3 is 14.6 Å². The molecule has 0 radical (unpaired) electrons. The molecule has 1 N–H and O–H groups in total. The van der Waals surface area contributed by atoms with Crippen LogP contribution in [0.4, 0.5) is 0 Å². The van der Waals surface area contributed by atoms with Gasteiger partial charge in [-0.3, -0.25) is 14.3 Å². The van der Waals surface area contributed by atoms with Gasteiger partial charge in [-0.05, 0) is 43.9 Å². The van der Waals surface area contributed by atoms with E-state index < -0.39 is 12.1 Å². The van der Waals surface area contributed by atoms with Crippen molar-refractivity contribution in [2.75, 3.05) is 0 Å². The summed E-state index contributed by atoms with van der Waals surface area (Å²) in [6, 6.07) is 5.86. The second-order valence-electron chi connectivity index (χ2n) is 7.49. The molecule has 2 aromatic heterocycles. The van der Waals surface area contributed by atoms with Gasteiger partial charge in [0.2, 0.25) is 5.82 Å². The molecule has 2 heterocycles. The van der Waals surface area contributed by atoms with Crippen molar-refractivity contribution in [3.8, 4) is 11.4 Å². The topological polar surface area (TPSA) is 112 Å². The number of benzene rings is 1. The Hall–Kier alpha value is -3.49. The first-order valence-corrected chi connectivity index (χ1v) is 9.77.